The Labute approximate surface area is 83.8 Å². The summed E-state index contributed by atoms with van der Waals surface area (Å²) in [6.45, 7) is 3.48. The van der Waals surface area contributed by atoms with Gasteiger partial charge in [-0.1, -0.05) is 6.07 Å². The van der Waals surface area contributed by atoms with Crippen LogP contribution in [0, 0.1) is 5.41 Å². The number of pyridine rings is 1. The molecule has 0 aliphatic heterocycles. The molecule has 0 aliphatic carbocycles. The number of hydrogen-bond donors (Lipinski definition) is 1. The zero-order valence-electron chi connectivity index (χ0n) is 8.53. The summed E-state index contributed by atoms with van der Waals surface area (Å²) in [4.78, 5) is 14.8. The van der Waals surface area contributed by atoms with Gasteiger partial charge >= 0.3 is 5.97 Å². The lowest BCUT2D eigenvalue weighted by molar-refractivity contribution is -0.147. The van der Waals surface area contributed by atoms with Gasteiger partial charge in [0.1, 0.15) is 0 Å². The van der Waals surface area contributed by atoms with Crippen molar-refractivity contribution in [1.82, 2.24) is 4.98 Å². The van der Waals surface area contributed by atoms with Crippen molar-refractivity contribution in [3.63, 3.8) is 0 Å². The zero-order chi connectivity index (χ0) is 10.6. The van der Waals surface area contributed by atoms with Crippen molar-refractivity contribution >= 4 is 5.97 Å². The van der Waals surface area contributed by atoms with Crippen LogP contribution in [-0.2, 0) is 11.2 Å². The second-order valence-electron chi connectivity index (χ2n) is 4.05. The minimum absolute atomic E-state index is 0.633. The molecular formula is C11H15NO2. The normalized spacial score (nSPS) is 11.3. The fraction of sp³-hybridized carbons (Fsp3) is 0.455. The molecule has 0 spiro atoms. The van der Waals surface area contributed by atoms with Gasteiger partial charge in [0.05, 0.1) is 5.41 Å². The van der Waals surface area contributed by atoms with E-state index < -0.39 is 11.4 Å². The highest BCUT2D eigenvalue weighted by Gasteiger charge is 2.26. The highest BCUT2D eigenvalue weighted by Crippen LogP contribution is 2.22. The van der Waals surface area contributed by atoms with E-state index in [1.807, 2.05) is 12.1 Å². The van der Waals surface area contributed by atoms with Crippen LogP contribution < -0.4 is 0 Å². The molecule has 1 aromatic heterocycles. The molecule has 0 unspecified atom stereocenters. The van der Waals surface area contributed by atoms with E-state index in [0.29, 0.717) is 6.42 Å². The van der Waals surface area contributed by atoms with Crippen LogP contribution in [0.5, 0.6) is 0 Å². The van der Waals surface area contributed by atoms with Gasteiger partial charge in [-0.3, -0.25) is 9.78 Å². The van der Waals surface area contributed by atoms with Crippen LogP contribution in [-0.4, -0.2) is 16.1 Å². The molecule has 0 aromatic carbocycles. The van der Waals surface area contributed by atoms with E-state index in [0.717, 1.165) is 12.0 Å². The first kappa shape index (κ1) is 10.7. The van der Waals surface area contributed by atoms with E-state index in [4.69, 9.17) is 5.11 Å². The van der Waals surface area contributed by atoms with Crippen LogP contribution in [0.1, 0.15) is 25.8 Å². The first-order chi connectivity index (χ1) is 6.52. The number of nitrogens with zero attached hydrogens (tertiary/aromatic N) is 1. The van der Waals surface area contributed by atoms with Gasteiger partial charge in [0.15, 0.2) is 0 Å². The van der Waals surface area contributed by atoms with Crippen molar-refractivity contribution in [3.8, 4) is 0 Å². The summed E-state index contributed by atoms with van der Waals surface area (Å²) in [5, 5.41) is 8.90. The maximum Gasteiger partial charge on any atom is 0.309 e. The average molecular weight is 193 g/mol. The van der Waals surface area contributed by atoms with E-state index in [1.54, 1.807) is 26.2 Å². The summed E-state index contributed by atoms with van der Waals surface area (Å²) >= 11 is 0. The van der Waals surface area contributed by atoms with Crippen LogP contribution in [0.4, 0.5) is 0 Å². The number of hydrogen-bond acceptors (Lipinski definition) is 2. The minimum Gasteiger partial charge on any atom is -0.481 e. The molecule has 3 heteroatoms. The Morgan fingerprint density at radius 3 is 2.79 bits per heavy atom. The first-order valence-electron chi connectivity index (χ1n) is 4.65. The number of rotatable bonds is 4. The second kappa shape index (κ2) is 4.22. The largest absolute Gasteiger partial charge is 0.481 e. The number of carboxylic acids is 1. The van der Waals surface area contributed by atoms with Crippen LogP contribution in [0.3, 0.4) is 0 Å². The standard InChI is InChI=1S/C11H15NO2/c1-11(2,10(13)14)6-5-9-4-3-7-12-8-9/h3-4,7-8H,5-6H2,1-2H3,(H,13,14). The molecule has 1 rings (SSSR count). The van der Waals surface area contributed by atoms with Crippen molar-refractivity contribution in [1.29, 1.82) is 0 Å². The number of carbonyl (C=O) groups is 1. The molecule has 1 N–H and O–H groups in total. The lowest BCUT2D eigenvalue weighted by Crippen LogP contribution is -2.24. The summed E-state index contributed by atoms with van der Waals surface area (Å²) in [6, 6.07) is 3.83. The summed E-state index contributed by atoms with van der Waals surface area (Å²) in [6.07, 6.45) is 4.88. The summed E-state index contributed by atoms with van der Waals surface area (Å²) in [7, 11) is 0. The summed E-state index contributed by atoms with van der Waals surface area (Å²) in [5.74, 6) is -0.749. The van der Waals surface area contributed by atoms with Crippen LogP contribution >= 0.6 is 0 Å². The fourth-order valence-electron chi connectivity index (χ4n) is 1.11. The minimum atomic E-state index is -0.749. The molecule has 0 radical (unpaired) electrons. The molecule has 0 bridgehead atoms. The lowest BCUT2D eigenvalue weighted by atomic mass is 9.87. The van der Waals surface area contributed by atoms with E-state index in [1.165, 1.54) is 0 Å². The number of aliphatic carboxylic acids is 1. The monoisotopic (exact) mass is 193 g/mol. The second-order valence-corrected chi connectivity index (χ2v) is 4.05. The van der Waals surface area contributed by atoms with Gasteiger partial charge in [-0.05, 0) is 38.3 Å². The molecule has 1 heterocycles. The van der Waals surface area contributed by atoms with Gasteiger partial charge in [-0.2, -0.15) is 0 Å². The fourth-order valence-corrected chi connectivity index (χ4v) is 1.11. The van der Waals surface area contributed by atoms with E-state index in [2.05, 4.69) is 4.98 Å². The smallest absolute Gasteiger partial charge is 0.309 e. The third-order valence-electron chi connectivity index (χ3n) is 2.34. The summed E-state index contributed by atoms with van der Waals surface area (Å²) < 4.78 is 0. The van der Waals surface area contributed by atoms with Crippen molar-refractivity contribution in [2.45, 2.75) is 26.7 Å². The zero-order valence-corrected chi connectivity index (χ0v) is 8.53. The SMILES string of the molecule is CC(C)(CCc1cccnc1)C(=O)O. The molecule has 1 aromatic rings. The van der Waals surface area contributed by atoms with Gasteiger partial charge < -0.3 is 5.11 Å². The van der Waals surface area contributed by atoms with E-state index >= 15 is 0 Å². The predicted molar refractivity (Wildman–Crippen MR) is 54.0 cm³/mol. The molecule has 0 saturated carbocycles. The molecule has 0 amide bonds. The van der Waals surface area contributed by atoms with Crippen molar-refractivity contribution in [2.24, 2.45) is 5.41 Å². The van der Waals surface area contributed by atoms with Gasteiger partial charge in [-0.15, -0.1) is 0 Å². The molecule has 3 nitrogen and oxygen atoms in total. The summed E-state index contributed by atoms with van der Waals surface area (Å²) in [5.41, 5.74) is 0.428. The van der Waals surface area contributed by atoms with Gasteiger partial charge in [0.2, 0.25) is 0 Å². The van der Waals surface area contributed by atoms with Gasteiger partial charge in [0, 0.05) is 12.4 Å². The van der Waals surface area contributed by atoms with Gasteiger partial charge in [0.25, 0.3) is 0 Å². The predicted octanol–water partition coefficient (Wildman–Crippen LogP) is 2.12. The molecule has 0 fully saturated rings. The van der Waals surface area contributed by atoms with E-state index in [9.17, 15) is 4.79 Å². The lowest BCUT2D eigenvalue weighted by Gasteiger charge is -2.18. The quantitative estimate of drug-likeness (QED) is 0.796. The third-order valence-corrected chi connectivity index (χ3v) is 2.34. The Hall–Kier alpha value is -1.38. The van der Waals surface area contributed by atoms with Crippen LogP contribution in [0.2, 0.25) is 0 Å². The van der Waals surface area contributed by atoms with Crippen molar-refractivity contribution in [3.05, 3.63) is 30.1 Å². The molecule has 14 heavy (non-hydrogen) atoms. The molecule has 0 saturated heterocycles. The number of aryl methyl sites for hydroxylation is 1. The van der Waals surface area contributed by atoms with Crippen molar-refractivity contribution in [2.75, 3.05) is 0 Å². The maximum atomic E-state index is 10.8. The van der Waals surface area contributed by atoms with E-state index in [-0.39, 0.29) is 0 Å². The van der Waals surface area contributed by atoms with Crippen molar-refractivity contribution < 1.29 is 9.90 Å². The average Bonchev–Trinajstić information content (AvgIpc) is 2.16. The topological polar surface area (TPSA) is 50.2 Å². The number of carboxylic acid groups (broad SMARTS) is 1. The number of aromatic nitrogens is 1. The Bertz CT molecular complexity index is 306. The highest BCUT2D eigenvalue weighted by molar-refractivity contribution is 5.73. The molecule has 76 valence electrons. The van der Waals surface area contributed by atoms with Gasteiger partial charge in [-0.25, -0.2) is 0 Å². The Morgan fingerprint density at radius 1 is 1.57 bits per heavy atom. The highest BCUT2D eigenvalue weighted by atomic mass is 16.4. The van der Waals surface area contributed by atoms with Crippen LogP contribution in [0.15, 0.2) is 24.5 Å². The Balaban J connectivity index is 2.53. The molecule has 0 atom stereocenters. The third kappa shape index (κ3) is 2.83. The molecule has 0 aliphatic rings. The first-order valence-corrected chi connectivity index (χ1v) is 4.65. The molecular weight excluding hydrogens is 178 g/mol. The Morgan fingerprint density at radius 2 is 2.29 bits per heavy atom. The maximum absolute atomic E-state index is 10.8. The Kier molecular flexibility index (Phi) is 3.23. The van der Waals surface area contributed by atoms with Crippen LogP contribution in [0.25, 0.3) is 0 Å².